The second-order valence-electron chi connectivity index (χ2n) is 3.38. The van der Waals surface area contributed by atoms with E-state index in [1.54, 1.807) is 12.4 Å². The van der Waals surface area contributed by atoms with Gasteiger partial charge in [0, 0.05) is 18.5 Å². The molecule has 0 aliphatic rings. The van der Waals surface area contributed by atoms with Gasteiger partial charge in [0.15, 0.2) is 0 Å². The van der Waals surface area contributed by atoms with Crippen LogP contribution in [0.15, 0.2) is 35.4 Å². The Kier molecular flexibility index (Phi) is 2.29. The molecule has 0 aromatic carbocycles. The van der Waals surface area contributed by atoms with E-state index in [9.17, 15) is 4.79 Å². The third-order valence-electron chi connectivity index (χ3n) is 2.32. The molecule has 0 spiro atoms. The number of pyridine rings is 1. The van der Waals surface area contributed by atoms with E-state index in [2.05, 4.69) is 10.1 Å². The lowest BCUT2D eigenvalue weighted by atomic mass is 10.1. The zero-order chi connectivity index (χ0) is 10.8. The van der Waals surface area contributed by atoms with Crippen LogP contribution in [0.4, 0.5) is 5.82 Å². The minimum Gasteiger partial charge on any atom is -0.384 e. The number of aromatic nitrogens is 3. The minimum absolute atomic E-state index is 0.0940. The van der Waals surface area contributed by atoms with Gasteiger partial charge in [-0.3, -0.25) is 14.9 Å². The summed E-state index contributed by atoms with van der Waals surface area (Å²) in [5.74, 6) is 0.371. The predicted octanol–water partition coefficient (Wildman–Crippen LogP) is 0.763. The van der Waals surface area contributed by atoms with Crippen molar-refractivity contribution in [3.05, 3.63) is 46.5 Å². The third-order valence-corrected chi connectivity index (χ3v) is 2.32. The van der Waals surface area contributed by atoms with Gasteiger partial charge in [0.1, 0.15) is 5.82 Å². The molecule has 0 bridgehead atoms. The summed E-state index contributed by atoms with van der Waals surface area (Å²) in [6.07, 6.45) is 3.43. The van der Waals surface area contributed by atoms with Crippen LogP contribution in [-0.4, -0.2) is 14.8 Å². The molecular formula is C10H12N4O. The molecule has 5 heteroatoms. The summed E-state index contributed by atoms with van der Waals surface area (Å²) in [6, 6.07) is 5.03. The zero-order valence-electron chi connectivity index (χ0n) is 8.34. The maximum Gasteiger partial charge on any atom is 0.269 e. The van der Waals surface area contributed by atoms with Crippen LogP contribution in [0.1, 0.15) is 18.5 Å². The molecule has 0 aliphatic carbocycles. The normalized spacial score (nSPS) is 12.6. The van der Waals surface area contributed by atoms with Gasteiger partial charge in [-0.25, -0.2) is 4.68 Å². The number of rotatable bonds is 2. The molecule has 0 saturated heterocycles. The Balaban J connectivity index is 2.41. The van der Waals surface area contributed by atoms with E-state index in [1.807, 2.05) is 19.1 Å². The number of nitrogens with two attached hydrogens (primary N) is 1. The number of anilines is 1. The molecule has 3 N–H and O–H groups in total. The molecule has 0 aliphatic heterocycles. The molecule has 2 rings (SSSR count). The number of hydrogen-bond acceptors (Lipinski definition) is 3. The first-order valence-corrected chi connectivity index (χ1v) is 4.65. The van der Waals surface area contributed by atoms with Gasteiger partial charge >= 0.3 is 0 Å². The lowest BCUT2D eigenvalue weighted by Gasteiger charge is -2.11. The van der Waals surface area contributed by atoms with E-state index in [0.29, 0.717) is 5.82 Å². The number of nitrogens with one attached hydrogen (secondary N) is 1. The molecule has 15 heavy (non-hydrogen) atoms. The van der Waals surface area contributed by atoms with Crippen molar-refractivity contribution in [1.29, 1.82) is 0 Å². The van der Waals surface area contributed by atoms with Crippen LogP contribution in [0.25, 0.3) is 0 Å². The highest BCUT2D eigenvalue weighted by atomic mass is 16.1. The number of aromatic amines is 1. The van der Waals surface area contributed by atoms with Gasteiger partial charge in [0.2, 0.25) is 0 Å². The average Bonchev–Trinajstić information content (AvgIpc) is 2.58. The van der Waals surface area contributed by atoms with E-state index in [4.69, 9.17) is 5.73 Å². The third kappa shape index (κ3) is 1.76. The molecule has 1 atom stereocenters. The maximum atomic E-state index is 11.5. The molecule has 78 valence electrons. The number of hydrogen-bond donors (Lipinski definition) is 2. The summed E-state index contributed by atoms with van der Waals surface area (Å²) in [7, 11) is 0. The van der Waals surface area contributed by atoms with Crippen LogP contribution >= 0.6 is 0 Å². The summed E-state index contributed by atoms with van der Waals surface area (Å²) >= 11 is 0. The largest absolute Gasteiger partial charge is 0.384 e. The molecule has 2 aromatic rings. The molecule has 0 radical (unpaired) electrons. The first-order chi connectivity index (χ1) is 7.18. The van der Waals surface area contributed by atoms with E-state index in [-0.39, 0.29) is 11.6 Å². The Labute approximate surface area is 86.5 Å². The Hall–Kier alpha value is -2.04. The smallest absolute Gasteiger partial charge is 0.269 e. The van der Waals surface area contributed by atoms with Crippen LogP contribution in [-0.2, 0) is 0 Å². The van der Waals surface area contributed by atoms with Crippen LogP contribution in [0, 0.1) is 0 Å². The van der Waals surface area contributed by atoms with Gasteiger partial charge in [-0.05, 0) is 18.6 Å². The monoisotopic (exact) mass is 204 g/mol. The maximum absolute atomic E-state index is 11.5. The summed E-state index contributed by atoms with van der Waals surface area (Å²) in [6.45, 7) is 1.91. The predicted molar refractivity (Wildman–Crippen MR) is 57.5 cm³/mol. The van der Waals surface area contributed by atoms with Gasteiger partial charge in [-0.2, -0.15) is 0 Å². The van der Waals surface area contributed by atoms with Gasteiger partial charge in [0.25, 0.3) is 5.56 Å². The van der Waals surface area contributed by atoms with Crippen molar-refractivity contribution < 1.29 is 0 Å². The number of nitrogen functional groups attached to an aromatic ring is 1. The molecule has 0 fully saturated rings. The topological polar surface area (TPSA) is 76.7 Å². The molecule has 5 nitrogen and oxygen atoms in total. The molecule has 2 heterocycles. The molecule has 2 aromatic heterocycles. The second-order valence-corrected chi connectivity index (χ2v) is 3.38. The first-order valence-electron chi connectivity index (χ1n) is 4.65. The van der Waals surface area contributed by atoms with Crippen molar-refractivity contribution in [2.75, 3.05) is 5.73 Å². The highest BCUT2D eigenvalue weighted by Gasteiger charge is 2.10. The molecule has 1 unspecified atom stereocenters. The van der Waals surface area contributed by atoms with Crippen molar-refractivity contribution in [2.45, 2.75) is 13.0 Å². The van der Waals surface area contributed by atoms with Gasteiger partial charge < -0.3 is 5.73 Å². The first kappa shape index (κ1) is 9.51. The standard InChI is InChI=1S/C10H12N4O/c1-7(8-3-2-4-12-6-8)14-10(15)5-9(11)13-14/h2-7,13H,11H2,1H3. The van der Waals surface area contributed by atoms with Crippen molar-refractivity contribution >= 4 is 5.82 Å². The SMILES string of the molecule is CC(c1cccnc1)n1[nH]c(N)cc1=O. The Morgan fingerprint density at radius 1 is 1.60 bits per heavy atom. The molecular weight excluding hydrogens is 192 g/mol. The second kappa shape index (κ2) is 3.61. The lowest BCUT2D eigenvalue weighted by molar-refractivity contribution is 0.548. The number of H-pyrrole nitrogens is 1. The Bertz CT molecular complexity index is 500. The lowest BCUT2D eigenvalue weighted by Crippen LogP contribution is -2.20. The fourth-order valence-electron chi connectivity index (χ4n) is 1.49. The number of nitrogens with zero attached hydrogens (tertiary/aromatic N) is 2. The van der Waals surface area contributed by atoms with Gasteiger partial charge in [-0.15, -0.1) is 0 Å². The molecule has 0 amide bonds. The Morgan fingerprint density at radius 2 is 2.40 bits per heavy atom. The van der Waals surface area contributed by atoms with E-state index >= 15 is 0 Å². The molecule has 0 saturated carbocycles. The minimum atomic E-state index is -0.135. The van der Waals surface area contributed by atoms with Crippen LogP contribution in [0.5, 0.6) is 0 Å². The summed E-state index contributed by atoms with van der Waals surface area (Å²) in [4.78, 5) is 15.5. The van der Waals surface area contributed by atoms with E-state index in [1.165, 1.54) is 10.7 Å². The quantitative estimate of drug-likeness (QED) is 0.758. The highest BCUT2D eigenvalue weighted by Crippen LogP contribution is 2.13. The summed E-state index contributed by atoms with van der Waals surface area (Å²) in [5, 5.41) is 2.80. The zero-order valence-corrected chi connectivity index (χ0v) is 8.34. The van der Waals surface area contributed by atoms with Crippen LogP contribution in [0.2, 0.25) is 0 Å². The highest BCUT2D eigenvalue weighted by molar-refractivity contribution is 5.25. The fourth-order valence-corrected chi connectivity index (χ4v) is 1.49. The van der Waals surface area contributed by atoms with Gasteiger partial charge in [0.05, 0.1) is 6.04 Å². The van der Waals surface area contributed by atoms with Crippen LogP contribution < -0.4 is 11.3 Å². The van der Waals surface area contributed by atoms with E-state index < -0.39 is 0 Å². The van der Waals surface area contributed by atoms with Crippen molar-refractivity contribution in [2.24, 2.45) is 0 Å². The van der Waals surface area contributed by atoms with Crippen molar-refractivity contribution in [3.63, 3.8) is 0 Å². The van der Waals surface area contributed by atoms with E-state index in [0.717, 1.165) is 5.56 Å². The summed E-state index contributed by atoms with van der Waals surface area (Å²) < 4.78 is 1.48. The van der Waals surface area contributed by atoms with Crippen molar-refractivity contribution in [1.82, 2.24) is 14.8 Å². The Morgan fingerprint density at radius 3 is 2.93 bits per heavy atom. The van der Waals surface area contributed by atoms with Gasteiger partial charge in [-0.1, -0.05) is 6.07 Å². The average molecular weight is 204 g/mol. The fraction of sp³-hybridized carbons (Fsp3) is 0.200. The van der Waals surface area contributed by atoms with Crippen molar-refractivity contribution in [3.8, 4) is 0 Å². The van der Waals surface area contributed by atoms with Crippen LogP contribution in [0.3, 0.4) is 0 Å². The summed E-state index contributed by atoms with van der Waals surface area (Å²) in [5.41, 5.74) is 6.33.